The van der Waals surface area contributed by atoms with Crippen molar-refractivity contribution < 1.29 is 14.7 Å². The van der Waals surface area contributed by atoms with Gasteiger partial charge in [-0.05, 0) is 24.2 Å². The highest BCUT2D eigenvalue weighted by Gasteiger charge is 2.32. The van der Waals surface area contributed by atoms with Gasteiger partial charge in [0, 0.05) is 6.54 Å². The summed E-state index contributed by atoms with van der Waals surface area (Å²) in [6.45, 7) is 6.03. The number of carboxylic acids is 1. The van der Waals surface area contributed by atoms with Gasteiger partial charge in [0.15, 0.2) is 0 Å². The molecule has 1 saturated carbocycles. The Kier molecular flexibility index (Phi) is 4.99. The summed E-state index contributed by atoms with van der Waals surface area (Å²) in [7, 11) is 0. The van der Waals surface area contributed by atoms with Crippen LogP contribution in [0.15, 0.2) is 0 Å². The summed E-state index contributed by atoms with van der Waals surface area (Å²) in [6, 6.07) is -1.26. The first-order chi connectivity index (χ1) is 8.30. The second-order valence-corrected chi connectivity index (χ2v) is 6.14. The van der Waals surface area contributed by atoms with E-state index in [0.717, 1.165) is 12.8 Å². The number of carbonyl (C=O) groups is 2. The van der Waals surface area contributed by atoms with Crippen LogP contribution >= 0.6 is 0 Å². The Morgan fingerprint density at radius 2 is 1.83 bits per heavy atom. The third-order valence-corrected chi connectivity index (χ3v) is 3.41. The number of hydrogen-bond acceptors (Lipinski definition) is 2. The van der Waals surface area contributed by atoms with E-state index in [1.807, 2.05) is 0 Å². The van der Waals surface area contributed by atoms with E-state index in [4.69, 9.17) is 5.11 Å². The lowest BCUT2D eigenvalue weighted by atomic mass is 9.87. The second kappa shape index (κ2) is 6.07. The van der Waals surface area contributed by atoms with E-state index in [2.05, 4.69) is 10.6 Å². The summed E-state index contributed by atoms with van der Waals surface area (Å²) in [5.41, 5.74) is -0.503. The number of urea groups is 1. The molecule has 3 N–H and O–H groups in total. The van der Waals surface area contributed by atoms with Crippen molar-refractivity contribution in [2.24, 2.45) is 11.3 Å². The van der Waals surface area contributed by atoms with Gasteiger partial charge in [0.25, 0.3) is 0 Å². The van der Waals surface area contributed by atoms with Gasteiger partial charge in [-0.2, -0.15) is 0 Å². The number of nitrogens with one attached hydrogen (secondary N) is 2. The zero-order valence-electron chi connectivity index (χ0n) is 11.5. The fourth-order valence-corrected chi connectivity index (χ4v) is 2.28. The molecule has 2 amide bonds. The van der Waals surface area contributed by atoms with Crippen molar-refractivity contribution in [3.8, 4) is 0 Å². The highest BCUT2D eigenvalue weighted by atomic mass is 16.4. The van der Waals surface area contributed by atoms with E-state index in [1.54, 1.807) is 20.8 Å². The Labute approximate surface area is 108 Å². The van der Waals surface area contributed by atoms with Crippen molar-refractivity contribution in [3.63, 3.8) is 0 Å². The molecule has 0 aliphatic heterocycles. The van der Waals surface area contributed by atoms with Gasteiger partial charge in [-0.25, -0.2) is 9.59 Å². The monoisotopic (exact) mass is 256 g/mol. The Morgan fingerprint density at radius 1 is 1.28 bits per heavy atom. The average Bonchev–Trinajstić information content (AvgIpc) is 2.73. The maximum Gasteiger partial charge on any atom is 0.326 e. The van der Waals surface area contributed by atoms with Crippen molar-refractivity contribution in [3.05, 3.63) is 0 Å². The molecule has 18 heavy (non-hydrogen) atoms. The zero-order valence-corrected chi connectivity index (χ0v) is 11.5. The zero-order chi connectivity index (χ0) is 13.8. The molecule has 0 unspecified atom stereocenters. The smallest absolute Gasteiger partial charge is 0.326 e. The SMILES string of the molecule is CC(C)(C)[C@H](NC(=O)NCC1CCCC1)C(=O)O. The van der Waals surface area contributed by atoms with E-state index in [-0.39, 0.29) is 6.03 Å². The Morgan fingerprint density at radius 3 is 2.28 bits per heavy atom. The second-order valence-electron chi connectivity index (χ2n) is 6.14. The quantitative estimate of drug-likeness (QED) is 0.719. The maximum atomic E-state index is 11.7. The number of carbonyl (C=O) groups excluding carboxylic acids is 1. The molecule has 0 radical (unpaired) electrons. The minimum atomic E-state index is -1.00. The van der Waals surface area contributed by atoms with Crippen LogP contribution in [0.5, 0.6) is 0 Å². The normalized spacial score (nSPS) is 18.4. The fraction of sp³-hybridized carbons (Fsp3) is 0.846. The van der Waals surface area contributed by atoms with Gasteiger partial charge in [0.05, 0.1) is 0 Å². The lowest BCUT2D eigenvalue weighted by Crippen LogP contribution is -2.52. The molecule has 0 aromatic heterocycles. The van der Waals surface area contributed by atoms with Gasteiger partial charge in [-0.3, -0.25) is 0 Å². The van der Waals surface area contributed by atoms with Crippen LogP contribution in [0, 0.1) is 11.3 Å². The molecule has 0 saturated heterocycles. The summed E-state index contributed by atoms with van der Waals surface area (Å²) in [6.07, 6.45) is 4.77. The van der Waals surface area contributed by atoms with Crippen molar-refractivity contribution in [1.29, 1.82) is 0 Å². The molecule has 1 aliphatic carbocycles. The first kappa shape index (κ1) is 14.8. The predicted octanol–water partition coefficient (Wildman–Crippen LogP) is 1.98. The van der Waals surface area contributed by atoms with Gasteiger partial charge in [-0.15, -0.1) is 0 Å². The largest absolute Gasteiger partial charge is 0.480 e. The fourth-order valence-electron chi connectivity index (χ4n) is 2.28. The van der Waals surface area contributed by atoms with Crippen LogP contribution < -0.4 is 10.6 Å². The number of aliphatic carboxylic acids is 1. The minimum Gasteiger partial charge on any atom is -0.480 e. The highest BCUT2D eigenvalue weighted by Crippen LogP contribution is 2.23. The first-order valence-corrected chi connectivity index (χ1v) is 6.58. The third kappa shape index (κ3) is 4.55. The van der Waals surface area contributed by atoms with Crippen LogP contribution in [0.2, 0.25) is 0 Å². The molecule has 0 aromatic rings. The highest BCUT2D eigenvalue weighted by molar-refractivity contribution is 5.83. The minimum absolute atomic E-state index is 0.385. The Balaban J connectivity index is 2.39. The van der Waals surface area contributed by atoms with Crippen molar-refractivity contribution >= 4 is 12.0 Å². The van der Waals surface area contributed by atoms with Gasteiger partial charge in [0.1, 0.15) is 6.04 Å². The third-order valence-electron chi connectivity index (χ3n) is 3.41. The number of carboxylic acid groups (broad SMARTS) is 1. The van der Waals surface area contributed by atoms with Crippen LogP contribution in [-0.4, -0.2) is 29.7 Å². The van der Waals surface area contributed by atoms with Crippen LogP contribution in [0.3, 0.4) is 0 Å². The molecule has 0 bridgehead atoms. The van der Waals surface area contributed by atoms with E-state index >= 15 is 0 Å². The number of amides is 2. The lowest BCUT2D eigenvalue weighted by molar-refractivity contribution is -0.141. The Hall–Kier alpha value is -1.26. The van der Waals surface area contributed by atoms with Gasteiger partial charge < -0.3 is 15.7 Å². The molecule has 1 fully saturated rings. The van der Waals surface area contributed by atoms with Gasteiger partial charge in [0.2, 0.25) is 0 Å². The number of hydrogen-bond donors (Lipinski definition) is 3. The molecule has 0 heterocycles. The summed E-state index contributed by atoms with van der Waals surface area (Å²) in [5.74, 6) is -0.452. The molecular formula is C13H24N2O3. The summed E-state index contributed by atoms with van der Waals surface area (Å²) in [5, 5.41) is 14.4. The van der Waals surface area contributed by atoms with Gasteiger partial charge in [-0.1, -0.05) is 33.6 Å². The average molecular weight is 256 g/mol. The molecule has 0 aromatic carbocycles. The standard InChI is InChI=1S/C13H24N2O3/c1-13(2,3)10(11(16)17)15-12(18)14-8-9-6-4-5-7-9/h9-10H,4-8H2,1-3H3,(H,16,17)(H2,14,15,18)/t10-/m1/s1. The molecule has 1 aliphatic rings. The van der Waals surface area contributed by atoms with Crippen LogP contribution in [0.25, 0.3) is 0 Å². The summed E-state index contributed by atoms with van der Waals surface area (Å²) < 4.78 is 0. The maximum absolute atomic E-state index is 11.7. The molecule has 0 spiro atoms. The molecule has 104 valence electrons. The summed E-state index contributed by atoms with van der Waals surface area (Å²) >= 11 is 0. The molecule has 1 atom stereocenters. The topological polar surface area (TPSA) is 78.4 Å². The van der Waals surface area contributed by atoms with Crippen molar-refractivity contribution in [2.75, 3.05) is 6.54 Å². The summed E-state index contributed by atoms with van der Waals surface area (Å²) in [4.78, 5) is 22.8. The lowest BCUT2D eigenvalue weighted by Gasteiger charge is -2.28. The van der Waals surface area contributed by atoms with Crippen LogP contribution in [-0.2, 0) is 4.79 Å². The van der Waals surface area contributed by atoms with Crippen molar-refractivity contribution in [1.82, 2.24) is 10.6 Å². The van der Waals surface area contributed by atoms with E-state index in [9.17, 15) is 9.59 Å². The predicted molar refractivity (Wildman–Crippen MR) is 69.4 cm³/mol. The van der Waals surface area contributed by atoms with Crippen LogP contribution in [0.4, 0.5) is 4.79 Å². The van der Waals surface area contributed by atoms with Crippen molar-refractivity contribution in [2.45, 2.75) is 52.5 Å². The van der Waals surface area contributed by atoms with E-state index in [0.29, 0.717) is 12.5 Å². The Bertz CT molecular complexity index is 304. The molecule has 5 nitrogen and oxygen atoms in total. The molecule has 5 heteroatoms. The molecule has 1 rings (SSSR count). The molecular weight excluding hydrogens is 232 g/mol. The van der Waals surface area contributed by atoms with E-state index in [1.165, 1.54) is 12.8 Å². The van der Waals surface area contributed by atoms with Gasteiger partial charge >= 0.3 is 12.0 Å². The van der Waals surface area contributed by atoms with E-state index < -0.39 is 17.4 Å². The first-order valence-electron chi connectivity index (χ1n) is 6.58. The van der Waals surface area contributed by atoms with Crippen LogP contribution in [0.1, 0.15) is 46.5 Å². The number of rotatable bonds is 4.